The Kier molecular flexibility index (Phi) is 6.70. The van der Waals surface area contributed by atoms with Crippen molar-refractivity contribution in [2.75, 3.05) is 20.3 Å². The number of aliphatic hydroxyl groups excluding tert-OH is 1. The average molecular weight is 444 g/mol. The summed E-state index contributed by atoms with van der Waals surface area (Å²) in [4.78, 5) is 17.3. The Balaban J connectivity index is 1.56. The molecule has 1 saturated carbocycles. The molecule has 9 heteroatoms. The third-order valence-electron chi connectivity index (χ3n) is 5.62. The van der Waals surface area contributed by atoms with Crippen molar-refractivity contribution < 1.29 is 14.6 Å². The van der Waals surface area contributed by atoms with Crippen LogP contribution in [0, 0.1) is 0 Å². The second kappa shape index (κ2) is 9.64. The maximum Gasteiger partial charge on any atom is 0.253 e. The molecule has 2 aromatic rings. The number of rotatable bonds is 6. The number of hydrazone groups is 1. The molecule has 8 nitrogen and oxygen atoms in total. The molecule has 0 saturated heterocycles. The third kappa shape index (κ3) is 5.15. The summed E-state index contributed by atoms with van der Waals surface area (Å²) in [5.74, 6) is 0.157. The molecule has 0 radical (unpaired) electrons. The summed E-state index contributed by atoms with van der Waals surface area (Å²) in [5, 5.41) is 21.5. The fourth-order valence-corrected chi connectivity index (χ4v) is 3.90. The number of nitrogens with zero attached hydrogens (tertiary/aromatic N) is 4. The van der Waals surface area contributed by atoms with Crippen LogP contribution < -0.4 is 10.1 Å². The van der Waals surface area contributed by atoms with Gasteiger partial charge in [0, 0.05) is 30.0 Å². The number of hydrogen-bond acceptors (Lipinski definition) is 7. The largest absolute Gasteiger partial charge is 0.459 e. The van der Waals surface area contributed by atoms with E-state index in [0.717, 1.165) is 24.8 Å². The van der Waals surface area contributed by atoms with E-state index in [4.69, 9.17) is 16.3 Å². The lowest BCUT2D eigenvalue weighted by molar-refractivity contribution is -0.0261. The Hall–Kier alpha value is -2.68. The van der Waals surface area contributed by atoms with E-state index >= 15 is 0 Å². The van der Waals surface area contributed by atoms with Gasteiger partial charge in [-0.1, -0.05) is 36.6 Å². The van der Waals surface area contributed by atoms with E-state index in [1.165, 1.54) is 6.20 Å². The van der Waals surface area contributed by atoms with Crippen molar-refractivity contribution in [2.45, 2.75) is 37.8 Å². The molecule has 2 atom stereocenters. The fourth-order valence-electron chi connectivity index (χ4n) is 3.77. The van der Waals surface area contributed by atoms with Crippen molar-refractivity contribution in [3.63, 3.8) is 0 Å². The Morgan fingerprint density at radius 2 is 2.06 bits per heavy atom. The van der Waals surface area contributed by atoms with Gasteiger partial charge < -0.3 is 15.2 Å². The number of ether oxygens (including phenoxy) is 1. The molecule has 1 aromatic carbocycles. The summed E-state index contributed by atoms with van der Waals surface area (Å²) in [5.41, 5.74) is 1.94. The molecule has 1 amide bonds. The van der Waals surface area contributed by atoms with E-state index in [0.29, 0.717) is 35.0 Å². The average Bonchev–Trinajstić information content (AvgIpc) is 3.19. The summed E-state index contributed by atoms with van der Waals surface area (Å²) >= 11 is 6.05. The molecule has 1 aliphatic heterocycles. The number of amides is 1. The molecule has 164 valence electrons. The first-order valence-corrected chi connectivity index (χ1v) is 10.8. The van der Waals surface area contributed by atoms with Crippen molar-refractivity contribution in [3.05, 3.63) is 47.1 Å². The van der Waals surface area contributed by atoms with Crippen molar-refractivity contribution in [2.24, 2.45) is 5.10 Å². The minimum atomic E-state index is -0.510. The molecular weight excluding hydrogens is 418 g/mol. The molecule has 0 bridgehead atoms. The number of hydrazine groups is 1. The zero-order valence-corrected chi connectivity index (χ0v) is 18.1. The van der Waals surface area contributed by atoms with Crippen molar-refractivity contribution >= 4 is 23.7 Å². The molecule has 2 heterocycles. The third-order valence-corrected chi connectivity index (χ3v) is 5.87. The van der Waals surface area contributed by atoms with Crippen LogP contribution in [0.25, 0.3) is 11.1 Å². The Bertz CT molecular complexity index is 953. The predicted molar refractivity (Wildman–Crippen MR) is 119 cm³/mol. The number of nitrogens with one attached hydrogen (secondary N) is 1. The first-order valence-electron chi connectivity index (χ1n) is 10.4. The van der Waals surface area contributed by atoms with E-state index in [9.17, 15) is 9.90 Å². The minimum Gasteiger partial charge on any atom is -0.459 e. The maximum atomic E-state index is 12.9. The van der Waals surface area contributed by atoms with Gasteiger partial charge in [-0.3, -0.25) is 4.79 Å². The number of aliphatic hydroxyl groups is 1. The van der Waals surface area contributed by atoms with E-state index in [1.807, 2.05) is 24.2 Å². The van der Waals surface area contributed by atoms with Crippen LogP contribution in [0.5, 0.6) is 5.88 Å². The number of pyridine rings is 1. The van der Waals surface area contributed by atoms with Crippen molar-refractivity contribution in [1.82, 2.24) is 20.4 Å². The Morgan fingerprint density at radius 1 is 1.29 bits per heavy atom. The smallest absolute Gasteiger partial charge is 0.253 e. The van der Waals surface area contributed by atoms with Crippen LogP contribution in [0.2, 0.25) is 5.02 Å². The van der Waals surface area contributed by atoms with Gasteiger partial charge >= 0.3 is 0 Å². The lowest BCUT2D eigenvalue weighted by Crippen LogP contribution is -2.45. The predicted octanol–water partition coefficient (Wildman–Crippen LogP) is 2.92. The van der Waals surface area contributed by atoms with Crippen LogP contribution in [-0.4, -0.2) is 64.8 Å². The van der Waals surface area contributed by atoms with E-state index in [1.54, 1.807) is 29.5 Å². The maximum absolute atomic E-state index is 12.9. The molecule has 0 unspecified atom stereocenters. The molecule has 1 fully saturated rings. The van der Waals surface area contributed by atoms with Gasteiger partial charge in [-0.05, 0) is 36.6 Å². The summed E-state index contributed by atoms with van der Waals surface area (Å²) in [6.45, 7) is 0.918. The SMILES string of the molecule is CN1N=CCN1COc1ncc(C(=O)N[C@@H]2CCCC[C@H]2O)cc1-c1ccc(Cl)cc1. The highest BCUT2D eigenvalue weighted by Crippen LogP contribution is 2.30. The number of hydrogen-bond donors (Lipinski definition) is 2. The zero-order chi connectivity index (χ0) is 21.8. The van der Waals surface area contributed by atoms with Gasteiger partial charge in [-0.25, -0.2) is 10.1 Å². The molecule has 31 heavy (non-hydrogen) atoms. The lowest BCUT2D eigenvalue weighted by atomic mass is 9.92. The number of carbonyl (C=O) groups is 1. The quantitative estimate of drug-likeness (QED) is 0.713. The van der Waals surface area contributed by atoms with Gasteiger partial charge in [0.15, 0.2) is 6.73 Å². The normalized spacial score (nSPS) is 21.3. The standard InChI is InChI=1S/C22H26ClN5O3/c1-27-25-10-11-28(27)14-31-22-18(15-6-8-17(23)9-7-15)12-16(13-24-22)21(30)26-19-4-2-3-5-20(19)29/h6-10,12-13,19-20,29H,2-5,11,14H2,1H3,(H,26,30)/t19-,20-/m1/s1. The highest BCUT2D eigenvalue weighted by Gasteiger charge is 2.25. The molecule has 1 aromatic heterocycles. The van der Waals surface area contributed by atoms with Crippen LogP contribution in [0.4, 0.5) is 0 Å². The monoisotopic (exact) mass is 443 g/mol. The molecule has 1 aliphatic carbocycles. The van der Waals surface area contributed by atoms with Gasteiger partial charge in [-0.2, -0.15) is 10.1 Å². The van der Waals surface area contributed by atoms with Gasteiger partial charge in [0.2, 0.25) is 5.88 Å². The van der Waals surface area contributed by atoms with Crippen LogP contribution >= 0.6 is 11.6 Å². The number of carbonyl (C=O) groups excluding carboxylic acids is 1. The van der Waals surface area contributed by atoms with Gasteiger partial charge in [-0.15, -0.1) is 0 Å². The highest BCUT2D eigenvalue weighted by atomic mass is 35.5. The number of aromatic nitrogens is 1. The summed E-state index contributed by atoms with van der Waals surface area (Å²) < 4.78 is 5.97. The van der Waals surface area contributed by atoms with E-state index < -0.39 is 6.10 Å². The van der Waals surface area contributed by atoms with Crippen LogP contribution in [-0.2, 0) is 0 Å². The fraction of sp³-hybridized carbons (Fsp3) is 0.409. The van der Waals surface area contributed by atoms with Crippen molar-refractivity contribution in [3.8, 4) is 17.0 Å². The van der Waals surface area contributed by atoms with Gasteiger partial charge in [0.05, 0.1) is 24.3 Å². The minimum absolute atomic E-state index is 0.234. The zero-order valence-electron chi connectivity index (χ0n) is 17.4. The van der Waals surface area contributed by atoms with Crippen LogP contribution in [0.15, 0.2) is 41.6 Å². The Morgan fingerprint density at radius 3 is 2.77 bits per heavy atom. The molecule has 4 rings (SSSR count). The van der Waals surface area contributed by atoms with Crippen LogP contribution in [0.3, 0.4) is 0 Å². The second-order valence-corrected chi connectivity index (χ2v) is 8.20. The van der Waals surface area contributed by atoms with E-state index in [-0.39, 0.29) is 18.7 Å². The lowest BCUT2D eigenvalue weighted by Gasteiger charge is -2.28. The van der Waals surface area contributed by atoms with Gasteiger partial charge in [0.25, 0.3) is 5.91 Å². The topological polar surface area (TPSA) is 90.3 Å². The Labute approximate surface area is 186 Å². The first kappa shape index (κ1) is 21.5. The first-order chi connectivity index (χ1) is 15.0. The second-order valence-electron chi connectivity index (χ2n) is 7.77. The summed E-state index contributed by atoms with van der Waals surface area (Å²) in [6, 6.07) is 8.83. The highest BCUT2D eigenvalue weighted by molar-refractivity contribution is 6.30. The summed E-state index contributed by atoms with van der Waals surface area (Å²) in [6.07, 6.45) is 6.26. The summed E-state index contributed by atoms with van der Waals surface area (Å²) in [7, 11) is 1.84. The molecular formula is C22H26ClN5O3. The van der Waals surface area contributed by atoms with Crippen molar-refractivity contribution in [1.29, 1.82) is 0 Å². The molecule has 0 spiro atoms. The van der Waals surface area contributed by atoms with Gasteiger partial charge in [0.1, 0.15) is 0 Å². The number of benzene rings is 1. The van der Waals surface area contributed by atoms with Crippen LogP contribution in [0.1, 0.15) is 36.0 Å². The van der Waals surface area contributed by atoms with E-state index in [2.05, 4.69) is 15.4 Å². The molecule has 2 aliphatic rings. The molecule has 2 N–H and O–H groups in total. The number of halogens is 1.